The number of hydrogen-bond donors (Lipinski definition) is 0. The minimum absolute atomic E-state index is 0.0943. The van der Waals surface area contributed by atoms with Crippen LogP contribution in [0.2, 0.25) is 0 Å². The van der Waals surface area contributed by atoms with Gasteiger partial charge in [0.15, 0.2) is 5.82 Å². The largest absolute Gasteiger partial charge is 0.338 e. The monoisotopic (exact) mass is 288 g/mol. The lowest BCUT2D eigenvalue weighted by atomic mass is 9.92. The Hall–Kier alpha value is -2.24. The van der Waals surface area contributed by atoms with Crippen molar-refractivity contribution in [3.05, 3.63) is 47.8 Å². The molecule has 1 aliphatic rings. The Morgan fingerprint density at radius 2 is 2.29 bits per heavy atom. The molecule has 1 fully saturated rings. The van der Waals surface area contributed by atoms with Gasteiger partial charge in [0.1, 0.15) is 0 Å². The van der Waals surface area contributed by atoms with Crippen LogP contribution in [0.1, 0.15) is 34.7 Å². The Balaban J connectivity index is 1.77. The number of hydrogen-bond acceptors (Lipinski definition) is 3. The first kappa shape index (κ1) is 13.7. The summed E-state index contributed by atoms with van der Waals surface area (Å²) >= 11 is 0. The maximum Gasteiger partial charge on any atom is 0.256 e. The van der Waals surface area contributed by atoms with Gasteiger partial charge in [-0.15, -0.1) is 0 Å². The van der Waals surface area contributed by atoms with E-state index in [1.165, 1.54) is 12.3 Å². The van der Waals surface area contributed by atoms with E-state index >= 15 is 0 Å². The summed E-state index contributed by atoms with van der Waals surface area (Å²) in [6.45, 7) is 1.27. The number of aromatic nitrogens is 3. The first-order valence-corrected chi connectivity index (χ1v) is 7.02. The van der Waals surface area contributed by atoms with Crippen molar-refractivity contribution in [2.75, 3.05) is 13.1 Å². The van der Waals surface area contributed by atoms with E-state index in [2.05, 4.69) is 10.1 Å². The van der Waals surface area contributed by atoms with Gasteiger partial charge >= 0.3 is 0 Å². The van der Waals surface area contributed by atoms with Gasteiger partial charge < -0.3 is 4.90 Å². The van der Waals surface area contributed by atoms with E-state index in [4.69, 9.17) is 0 Å². The van der Waals surface area contributed by atoms with Crippen molar-refractivity contribution < 1.29 is 9.18 Å². The molecule has 1 atom stereocenters. The number of halogens is 1. The average Bonchev–Trinajstić information content (AvgIpc) is 2.94. The number of piperidine rings is 1. The standard InChI is InChI=1S/C15H17FN4O/c1-19-9-12(7-18-19)11-3-2-6-20(10-11)15(21)13-4-5-17-8-14(13)16/h4-5,7-9,11H,2-3,6,10H2,1H3/t11-/m0/s1. The Morgan fingerprint density at radius 1 is 1.43 bits per heavy atom. The third-order valence-electron chi connectivity index (χ3n) is 3.91. The highest BCUT2D eigenvalue weighted by Gasteiger charge is 2.27. The van der Waals surface area contributed by atoms with Crippen LogP contribution < -0.4 is 0 Å². The van der Waals surface area contributed by atoms with Crippen LogP contribution in [0, 0.1) is 5.82 Å². The maximum absolute atomic E-state index is 13.7. The fraction of sp³-hybridized carbons (Fsp3) is 0.400. The summed E-state index contributed by atoms with van der Waals surface area (Å²) in [4.78, 5) is 17.8. The van der Waals surface area contributed by atoms with Crippen molar-refractivity contribution in [3.63, 3.8) is 0 Å². The van der Waals surface area contributed by atoms with E-state index in [1.807, 2.05) is 19.4 Å². The molecule has 110 valence electrons. The Kier molecular flexibility index (Phi) is 3.68. The second kappa shape index (κ2) is 5.63. The third-order valence-corrected chi connectivity index (χ3v) is 3.91. The molecule has 6 heteroatoms. The highest BCUT2D eigenvalue weighted by Crippen LogP contribution is 2.27. The topological polar surface area (TPSA) is 51.0 Å². The predicted octanol–water partition coefficient (Wildman–Crippen LogP) is 1.97. The first-order valence-electron chi connectivity index (χ1n) is 7.02. The molecule has 2 aromatic heterocycles. The summed E-state index contributed by atoms with van der Waals surface area (Å²) < 4.78 is 15.5. The molecule has 0 aromatic carbocycles. The molecule has 0 N–H and O–H groups in total. The molecular formula is C15H17FN4O. The van der Waals surface area contributed by atoms with Crippen molar-refractivity contribution in [2.24, 2.45) is 7.05 Å². The summed E-state index contributed by atoms with van der Waals surface area (Å²) in [6, 6.07) is 1.44. The molecule has 1 saturated heterocycles. The van der Waals surface area contributed by atoms with Gasteiger partial charge in [-0.3, -0.25) is 14.5 Å². The van der Waals surface area contributed by atoms with Crippen molar-refractivity contribution >= 4 is 5.91 Å². The van der Waals surface area contributed by atoms with E-state index < -0.39 is 5.82 Å². The molecule has 0 unspecified atom stereocenters. The number of carbonyl (C=O) groups is 1. The molecule has 3 rings (SSSR count). The zero-order chi connectivity index (χ0) is 14.8. The van der Waals surface area contributed by atoms with Gasteiger partial charge in [-0.1, -0.05) is 0 Å². The van der Waals surface area contributed by atoms with E-state index in [9.17, 15) is 9.18 Å². The van der Waals surface area contributed by atoms with Crippen LogP contribution in [0.5, 0.6) is 0 Å². The van der Waals surface area contributed by atoms with Crippen LogP contribution in [0.3, 0.4) is 0 Å². The number of rotatable bonds is 2. The van der Waals surface area contributed by atoms with E-state index in [1.54, 1.807) is 9.58 Å². The average molecular weight is 288 g/mol. The predicted molar refractivity (Wildman–Crippen MR) is 75.3 cm³/mol. The summed E-state index contributed by atoms with van der Waals surface area (Å²) in [5.41, 5.74) is 1.22. The fourth-order valence-corrected chi connectivity index (χ4v) is 2.80. The normalized spacial score (nSPS) is 18.8. The number of likely N-dealkylation sites (tertiary alicyclic amines) is 1. The van der Waals surface area contributed by atoms with Crippen LogP contribution >= 0.6 is 0 Å². The van der Waals surface area contributed by atoms with Gasteiger partial charge in [0, 0.05) is 38.4 Å². The Labute approximate surface area is 122 Å². The second-order valence-electron chi connectivity index (χ2n) is 5.39. The lowest BCUT2D eigenvalue weighted by molar-refractivity contribution is 0.0702. The molecule has 0 radical (unpaired) electrons. The van der Waals surface area contributed by atoms with Gasteiger partial charge in [0.2, 0.25) is 0 Å². The first-order chi connectivity index (χ1) is 10.1. The fourth-order valence-electron chi connectivity index (χ4n) is 2.80. The summed E-state index contributed by atoms with van der Waals surface area (Å²) in [5, 5.41) is 4.18. The molecule has 3 heterocycles. The third kappa shape index (κ3) is 2.79. The van der Waals surface area contributed by atoms with E-state index in [-0.39, 0.29) is 17.4 Å². The van der Waals surface area contributed by atoms with Crippen molar-refractivity contribution in [2.45, 2.75) is 18.8 Å². The minimum atomic E-state index is -0.564. The molecule has 21 heavy (non-hydrogen) atoms. The van der Waals surface area contributed by atoms with Crippen LogP contribution in [0.25, 0.3) is 0 Å². The molecule has 1 amide bonds. The van der Waals surface area contributed by atoms with Crippen LogP contribution in [0.4, 0.5) is 4.39 Å². The molecule has 0 saturated carbocycles. The molecule has 5 nitrogen and oxygen atoms in total. The quantitative estimate of drug-likeness (QED) is 0.849. The zero-order valence-corrected chi connectivity index (χ0v) is 11.9. The minimum Gasteiger partial charge on any atom is -0.338 e. The van der Waals surface area contributed by atoms with Gasteiger partial charge in [0.05, 0.1) is 18.0 Å². The van der Waals surface area contributed by atoms with Gasteiger partial charge in [-0.05, 0) is 24.5 Å². The Morgan fingerprint density at radius 3 is 3.00 bits per heavy atom. The molecule has 0 bridgehead atoms. The zero-order valence-electron chi connectivity index (χ0n) is 11.9. The molecule has 2 aromatic rings. The lowest BCUT2D eigenvalue weighted by Gasteiger charge is -2.32. The molecular weight excluding hydrogens is 271 g/mol. The molecule has 0 aliphatic carbocycles. The maximum atomic E-state index is 13.7. The van der Waals surface area contributed by atoms with Gasteiger partial charge in [-0.25, -0.2) is 4.39 Å². The highest BCUT2D eigenvalue weighted by atomic mass is 19.1. The smallest absolute Gasteiger partial charge is 0.256 e. The number of amides is 1. The SMILES string of the molecule is Cn1cc([C@H]2CCCN(C(=O)c3ccncc3F)C2)cn1. The van der Waals surface area contributed by atoms with Crippen molar-refractivity contribution in [1.29, 1.82) is 0 Å². The number of aryl methyl sites for hydroxylation is 1. The summed E-state index contributed by atoms with van der Waals surface area (Å²) in [5.74, 6) is -0.559. The Bertz CT molecular complexity index is 655. The van der Waals surface area contributed by atoms with E-state index in [0.717, 1.165) is 24.6 Å². The summed E-state index contributed by atoms with van der Waals surface area (Å²) in [6.07, 6.45) is 8.28. The van der Waals surface area contributed by atoms with Gasteiger partial charge in [0.25, 0.3) is 5.91 Å². The number of pyridine rings is 1. The van der Waals surface area contributed by atoms with Gasteiger partial charge in [-0.2, -0.15) is 5.10 Å². The number of carbonyl (C=O) groups excluding carboxylic acids is 1. The molecule has 1 aliphatic heterocycles. The van der Waals surface area contributed by atoms with Crippen molar-refractivity contribution in [1.82, 2.24) is 19.7 Å². The van der Waals surface area contributed by atoms with Crippen LogP contribution in [-0.4, -0.2) is 38.7 Å². The van der Waals surface area contributed by atoms with E-state index in [0.29, 0.717) is 13.1 Å². The van der Waals surface area contributed by atoms with Crippen LogP contribution in [0.15, 0.2) is 30.9 Å². The summed E-state index contributed by atoms with van der Waals surface area (Å²) in [7, 11) is 1.88. The second-order valence-corrected chi connectivity index (χ2v) is 5.39. The van der Waals surface area contributed by atoms with Crippen molar-refractivity contribution in [3.8, 4) is 0 Å². The number of nitrogens with zero attached hydrogens (tertiary/aromatic N) is 4. The highest BCUT2D eigenvalue weighted by molar-refractivity contribution is 5.94. The molecule has 0 spiro atoms. The van der Waals surface area contributed by atoms with Crippen LogP contribution in [-0.2, 0) is 7.05 Å². The lowest BCUT2D eigenvalue weighted by Crippen LogP contribution is -2.39.